The van der Waals surface area contributed by atoms with Crippen LogP contribution in [0.3, 0.4) is 0 Å². The molecule has 0 bridgehead atoms. The Kier molecular flexibility index (Phi) is 2.69. The Morgan fingerprint density at radius 2 is 2.10 bits per heavy atom. The van der Waals surface area contributed by atoms with Gasteiger partial charge < -0.3 is 10.2 Å². The molecule has 2 N–H and O–H groups in total. The molecular formula is C8H16O2. The van der Waals surface area contributed by atoms with Crippen LogP contribution in [-0.4, -0.2) is 22.4 Å². The highest BCUT2D eigenvalue weighted by Crippen LogP contribution is 2.26. The van der Waals surface area contributed by atoms with Crippen molar-refractivity contribution >= 4 is 0 Å². The standard InChI is InChI=1S/C8H16O2/c1-6(9)7-3-2-4-8(10)5-7/h6-10H,2-5H2,1H3. The van der Waals surface area contributed by atoms with Crippen LogP contribution in [0.25, 0.3) is 0 Å². The largest absolute Gasteiger partial charge is 0.393 e. The maximum Gasteiger partial charge on any atom is 0.0543 e. The van der Waals surface area contributed by atoms with Gasteiger partial charge in [0.15, 0.2) is 0 Å². The lowest BCUT2D eigenvalue weighted by atomic mass is 9.84. The number of hydrogen-bond acceptors (Lipinski definition) is 2. The topological polar surface area (TPSA) is 40.5 Å². The van der Waals surface area contributed by atoms with E-state index in [4.69, 9.17) is 0 Å². The molecule has 1 saturated carbocycles. The predicted octanol–water partition coefficient (Wildman–Crippen LogP) is 0.918. The van der Waals surface area contributed by atoms with Crippen molar-refractivity contribution in [3.63, 3.8) is 0 Å². The van der Waals surface area contributed by atoms with Gasteiger partial charge in [0.05, 0.1) is 12.2 Å². The lowest BCUT2D eigenvalue weighted by molar-refractivity contribution is 0.0386. The van der Waals surface area contributed by atoms with E-state index in [1.807, 2.05) is 6.92 Å². The lowest BCUT2D eigenvalue weighted by Gasteiger charge is -2.27. The molecule has 1 rings (SSSR count). The van der Waals surface area contributed by atoms with E-state index in [1.54, 1.807) is 0 Å². The third-order valence-electron chi connectivity index (χ3n) is 2.37. The maximum absolute atomic E-state index is 9.22. The normalized spacial score (nSPS) is 37.5. The average molecular weight is 144 g/mol. The quantitative estimate of drug-likeness (QED) is 0.574. The monoisotopic (exact) mass is 144 g/mol. The first-order valence-electron chi connectivity index (χ1n) is 4.06. The summed E-state index contributed by atoms with van der Waals surface area (Å²) in [6.45, 7) is 1.81. The molecule has 3 atom stereocenters. The summed E-state index contributed by atoms with van der Waals surface area (Å²) >= 11 is 0. The zero-order valence-corrected chi connectivity index (χ0v) is 6.45. The maximum atomic E-state index is 9.22. The molecular weight excluding hydrogens is 128 g/mol. The fourth-order valence-electron chi connectivity index (χ4n) is 1.64. The van der Waals surface area contributed by atoms with Crippen LogP contribution in [0.2, 0.25) is 0 Å². The molecule has 0 amide bonds. The minimum atomic E-state index is -0.241. The highest BCUT2D eigenvalue weighted by molar-refractivity contribution is 4.75. The number of aliphatic hydroxyl groups is 2. The molecule has 1 fully saturated rings. The highest BCUT2D eigenvalue weighted by Gasteiger charge is 2.23. The molecule has 0 aromatic rings. The van der Waals surface area contributed by atoms with Crippen LogP contribution in [0, 0.1) is 5.92 Å². The number of aliphatic hydroxyl groups excluding tert-OH is 2. The first-order chi connectivity index (χ1) is 4.70. The summed E-state index contributed by atoms with van der Waals surface area (Å²) in [5, 5.41) is 18.4. The molecule has 1 aliphatic rings. The van der Waals surface area contributed by atoms with Gasteiger partial charge in [-0.3, -0.25) is 0 Å². The van der Waals surface area contributed by atoms with Gasteiger partial charge in [0.2, 0.25) is 0 Å². The smallest absolute Gasteiger partial charge is 0.0543 e. The Morgan fingerprint density at radius 3 is 2.50 bits per heavy atom. The van der Waals surface area contributed by atoms with Gasteiger partial charge in [-0.1, -0.05) is 6.42 Å². The molecule has 3 unspecified atom stereocenters. The molecule has 1 aliphatic carbocycles. The van der Waals surface area contributed by atoms with E-state index in [2.05, 4.69) is 0 Å². The lowest BCUT2D eigenvalue weighted by Crippen LogP contribution is -2.26. The van der Waals surface area contributed by atoms with Crippen LogP contribution in [0.4, 0.5) is 0 Å². The fourth-order valence-corrected chi connectivity index (χ4v) is 1.64. The molecule has 0 aromatic heterocycles. The highest BCUT2D eigenvalue weighted by atomic mass is 16.3. The Hall–Kier alpha value is -0.0800. The van der Waals surface area contributed by atoms with Gasteiger partial charge in [0.1, 0.15) is 0 Å². The summed E-state index contributed by atoms with van der Waals surface area (Å²) in [5.74, 6) is 0.337. The van der Waals surface area contributed by atoms with E-state index >= 15 is 0 Å². The third-order valence-corrected chi connectivity index (χ3v) is 2.37. The Balaban J connectivity index is 2.32. The number of hydrogen-bond donors (Lipinski definition) is 2. The van der Waals surface area contributed by atoms with Gasteiger partial charge in [0.25, 0.3) is 0 Å². The molecule has 60 valence electrons. The van der Waals surface area contributed by atoms with E-state index in [9.17, 15) is 10.2 Å². The van der Waals surface area contributed by atoms with Gasteiger partial charge >= 0.3 is 0 Å². The van der Waals surface area contributed by atoms with Crippen LogP contribution in [-0.2, 0) is 0 Å². The first kappa shape index (κ1) is 8.02. The van der Waals surface area contributed by atoms with Crippen LogP contribution >= 0.6 is 0 Å². The summed E-state index contributed by atoms with van der Waals surface area (Å²) in [5.41, 5.74) is 0. The minimum absolute atomic E-state index is 0.159. The van der Waals surface area contributed by atoms with Crippen molar-refractivity contribution in [3.05, 3.63) is 0 Å². The van der Waals surface area contributed by atoms with E-state index in [-0.39, 0.29) is 12.2 Å². The number of rotatable bonds is 1. The summed E-state index contributed by atoms with van der Waals surface area (Å²) in [7, 11) is 0. The van der Waals surface area contributed by atoms with Gasteiger partial charge in [0, 0.05) is 0 Å². The first-order valence-corrected chi connectivity index (χ1v) is 4.06. The average Bonchev–Trinajstić information content (AvgIpc) is 1.88. The van der Waals surface area contributed by atoms with Gasteiger partial charge in [-0.25, -0.2) is 0 Å². The van der Waals surface area contributed by atoms with Gasteiger partial charge in [-0.05, 0) is 32.1 Å². The van der Waals surface area contributed by atoms with Crippen LogP contribution in [0.5, 0.6) is 0 Å². The molecule has 0 saturated heterocycles. The zero-order chi connectivity index (χ0) is 7.56. The summed E-state index contributed by atoms with van der Waals surface area (Å²) < 4.78 is 0. The van der Waals surface area contributed by atoms with E-state index in [1.165, 1.54) is 0 Å². The second-order valence-electron chi connectivity index (χ2n) is 3.32. The molecule has 0 heterocycles. The van der Waals surface area contributed by atoms with Crippen LogP contribution in [0.1, 0.15) is 32.6 Å². The molecule has 0 spiro atoms. The van der Waals surface area contributed by atoms with Crippen LogP contribution < -0.4 is 0 Å². The third kappa shape index (κ3) is 1.96. The van der Waals surface area contributed by atoms with E-state index in [0.717, 1.165) is 25.7 Å². The van der Waals surface area contributed by atoms with E-state index in [0.29, 0.717) is 5.92 Å². The van der Waals surface area contributed by atoms with Crippen molar-refractivity contribution in [1.29, 1.82) is 0 Å². The van der Waals surface area contributed by atoms with Gasteiger partial charge in [-0.2, -0.15) is 0 Å². The van der Waals surface area contributed by atoms with Crippen LogP contribution in [0.15, 0.2) is 0 Å². The van der Waals surface area contributed by atoms with Crippen molar-refractivity contribution in [2.75, 3.05) is 0 Å². The fraction of sp³-hybridized carbons (Fsp3) is 1.00. The molecule has 0 radical (unpaired) electrons. The Morgan fingerprint density at radius 1 is 1.40 bits per heavy atom. The second kappa shape index (κ2) is 3.35. The second-order valence-corrected chi connectivity index (χ2v) is 3.32. The molecule has 0 aromatic carbocycles. The van der Waals surface area contributed by atoms with E-state index < -0.39 is 0 Å². The van der Waals surface area contributed by atoms with Crippen molar-refractivity contribution in [3.8, 4) is 0 Å². The van der Waals surface area contributed by atoms with Crippen molar-refractivity contribution in [2.24, 2.45) is 5.92 Å². The van der Waals surface area contributed by atoms with Crippen molar-refractivity contribution < 1.29 is 10.2 Å². The van der Waals surface area contributed by atoms with Crippen molar-refractivity contribution in [1.82, 2.24) is 0 Å². The Labute approximate surface area is 61.9 Å². The van der Waals surface area contributed by atoms with Crippen molar-refractivity contribution in [2.45, 2.75) is 44.8 Å². The SMILES string of the molecule is CC(O)C1CCCC(O)C1. The zero-order valence-electron chi connectivity index (χ0n) is 6.45. The molecule has 2 nitrogen and oxygen atoms in total. The van der Waals surface area contributed by atoms with Gasteiger partial charge in [-0.15, -0.1) is 0 Å². The summed E-state index contributed by atoms with van der Waals surface area (Å²) in [6, 6.07) is 0. The molecule has 2 heteroatoms. The minimum Gasteiger partial charge on any atom is -0.393 e. The molecule has 0 aliphatic heterocycles. The Bertz CT molecular complexity index is 101. The predicted molar refractivity (Wildman–Crippen MR) is 39.6 cm³/mol. The summed E-state index contributed by atoms with van der Waals surface area (Å²) in [4.78, 5) is 0. The molecule has 10 heavy (non-hydrogen) atoms. The summed E-state index contributed by atoms with van der Waals surface area (Å²) in [6.07, 6.45) is 3.45.